The molecule has 4 rings (SSSR count). The van der Waals surface area contributed by atoms with Crippen LogP contribution in [0, 0.1) is 74.0 Å². The molecule has 0 saturated carbocycles. The fraction of sp³-hybridized carbons (Fsp3) is 0.676. The molecule has 0 radical (unpaired) electrons. The Balaban J connectivity index is 0.00000102. The van der Waals surface area contributed by atoms with Gasteiger partial charge in [0.1, 0.15) is 0 Å². The minimum Gasteiger partial charge on any atom is -0.0683 e. The highest BCUT2D eigenvalue weighted by Gasteiger charge is 2.46. The van der Waals surface area contributed by atoms with Crippen molar-refractivity contribution in [1.29, 1.82) is 0 Å². The lowest BCUT2D eigenvalue weighted by molar-refractivity contribution is 0.205. The fourth-order valence-corrected chi connectivity index (χ4v) is 9.37. The molecule has 74 heavy (non-hydrogen) atoms. The van der Waals surface area contributed by atoms with E-state index in [1.807, 2.05) is 13.8 Å². The molecule has 0 fully saturated rings. The van der Waals surface area contributed by atoms with E-state index in [0.717, 1.165) is 0 Å². The molecule has 0 bridgehead atoms. The first-order chi connectivity index (χ1) is 32.6. The molecule has 0 saturated heterocycles. The van der Waals surface area contributed by atoms with E-state index in [1.54, 1.807) is 16.7 Å². The van der Waals surface area contributed by atoms with E-state index < -0.39 is 0 Å². The third-order valence-electron chi connectivity index (χ3n) is 20.7. The first-order valence-corrected chi connectivity index (χ1v) is 29.0. The molecule has 0 unspecified atom stereocenters. The van der Waals surface area contributed by atoms with Gasteiger partial charge in [-0.25, -0.2) is 0 Å². The number of hydrogen-bond acceptors (Lipinski definition) is 0. The van der Waals surface area contributed by atoms with Gasteiger partial charge >= 0.3 is 0 Å². The average molecular weight is 1020 g/mol. The van der Waals surface area contributed by atoms with Crippen molar-refractivity contribution in [2.45, 2.75) is 296 Å². The molecule has 0 N–H and O–H groups in total. The van der Waals surface area contributed by atoms with E-state index >= 15 is 0 Å². The minimum atomic E-state index is 0.0697. The normalized spacial score (nSPS) is 13.5. The summed E-state index contributed by atoms with van der Waals surface area (Å²) in [4.78, 5) is 0. The van der Waals surface area contributed by atoms with Crippen molar-refractivity contribution >= 4 is 0 Å². The third-order valence-corrected chi connectivity index (χ3v) is 20.7. The molecular weight excluding hydrogens is 889 g/mol. The molecule has 0 atom stereocenters. The summed E-state index contributed by atoms with van der Waals surface area (Å²) in [7, 11) is 0. The predicted molar refractivity (Wildman–Crippen MR) is 340 cm³/mol. The van der Waals surface area contributed by atoms with Gasteiger partial charge in [-0.2, -0.15) is 0 Å². The number of rotatable bonds is 6. The lowest BCUT2D eigenvalue weighted by atomic mass is 9.55. The third kappa shape index (κ3) is 16.0. The largest absolute Gasteiger partial charge is 0.0683 e. The summed E-state index contributed by atoms with van der Waals surface area (Å²) in [6.45, 7) is 88.5. The zero-order valence-electron chi connectivity index (χ0n) is 56.9. The highest BCUT2D eigenvalue weighted by molar-refractivity contribution is 5.59. The molecule has 422 valence electrons. The molecule has 4 aromatic carbocycles. The Morgan fingerprint density at radius 2 is 0.311 bits per heavy atom. The van der Waals surface area contributed by atoms with Crippen LogP contribution in [0.1, 0.15) is 288 Å². The topological polar surface area (TPSA) is 0 Å². The Bertz CT molecular complexity index is 2040. The zero-order valence-corrected chi connectivity index (χ0v) is 56.9. The van der Waals surface area contributed by atoms with Crippen molar-refractivity contribution in [3.05, 3.63) is 140 Å². The lowest BCUT2D eigenvalue weighted by Gasteiger charge is -2.49. The minimum absolute atomic E-state index is 0.0697. The summed E-state index contributed by atoms with van der Waals surface area (Å²) >= 11 is 0. The van der Waals surface area contributed by atoms with Gasteiger partial charge in [0.25, 0.3) is 0 Å². The van der Waals surface area contributed by atoms with E-state index in [0.29, 0.717) is 16.2 Å². The molecule has 0 aliphatic rings. The molecule has 0 aliphatic carbocycles. The van der Waals surface area contributed by atoms with Crippen LogP contribution in [0.15, 0.2) is 72.8 Å². The van der Waals surface area contributed by atoms with Crippen LogP contribution in [0.2, 0.25) is 0 Å². The number of aryl methyl sites for hydroxylation is 3. The monoisotopic (exact) mass is 1010 g/mol. The number of benzene rings is 4. The lowest BCUT2D eigenvalue weighted by Crippen LogP contribution is -2.42. The standard InChI is InChI=1S/C30H54.3C14H22.C2H6/c1-19-22(28(13,14)25(4,5)6)20(2)24(30(17,18)27(10,11)12)21(3)23(19)29(15,16)26(7,8)9;3*1-11-7-9-12(10-8-11)14(5,6)13(2,3)4;1-2/h1-18H3;3*7-10H,1-6H3;1-2H3. The highest BCUT2D eigenvalue weighted by atomic mass is 14.5. The van der Waals surface area contributed by atoms with Crippen LogP contribution in [0.3, 0.4) is 0 Å². The quantitative estimate of drug-likeness (QED) is 0.181. The molecule has 0 aliphatic heterocycles. The van der Waals surface area contributed by atoms with E-state index in [-0.39, 0.29) is 48.7 Å². The molecule has 0 amide bonds. The van der Waals surface area contributed by atoms with Crippen LogP contribution in [-0.4, -0.2) is 0 Å². The Hall–Kier alpha value is -3.12. The molecule has 0 heterocycles. The summed E-state index contributed by atoms with van der Waals surface area (Å²) in [6, 6.07) is 26.7. The van der Waals surface area contributed by atoms with Gasteiger partial charge in [0.05, 0.1) is 0 Å². The zero-order chi connectivity index (χ0) is 59.4. The first kappa shape index (κ1) is 70.9. The van der Waals surface area contributed by atoms with Crippen molar-refractivity contribution in [2.24, 2.45) is 32.5 Å². The Morgan fingerprint density at radius 1 is 0.189 bits per heavy atom. The fourth-order valence-electron chi connectivity index (χ4n) is 9.37. The second-order valence-corrected chi connectivity index (χ2v) is 31.8. The SMILES string of the molecule is CC.Cc1c(C(C)(C)C(C)(C)C)c(C)c(C(C)(C)C(C)(C)C)c(C)c1C(C)(C)C(C)(C)C.Cc1ccc(C(C)(C)C(C)(C)C)cc1.Cc1ccc(C(C)(C)C(C)(C)C)cc1.Cc1ccc(C(C)(C)C(C)(C)C)cc1. The van der Waals surface area contributed by atoms with Crippen LogP contribution < -0.4 is 0 Å². The van der Waals surface area contributed by atoms with Crippen molar-refractivity contribution in [1.82, 2.24) is 0 Å². The summed E-state index contributed by atoms with van der Waals surface area (Å²) in [6.07, 6.45) is 0. The van der Waals surface area contributed by atoms with Crippen LogP contribution >= 0.6 is 0 Å². The van der Waals surface area contributed by atoms with Gasteiger partial charge in [-0.15, -0.1) is 0 Å². The first-order valence-electron chi connectivity index (χ1n) is 29.0. The molecule has 0 aromatic heterocycles. The molecule has 0 heteroatoms. The van der Waals surface area contributed by atoms with Crippen LogP contribution in [0.25, 0.3) is 0 Å². The molecule has 0 nitrogen and oxygen atoms in total. The van der Waals surface area contributed by atoms with Crippen LogP contribution in [0.5, 0.6) is 0 Å². The molecular formula is C74H126. The van der Waals surface area contributed by atoms with E-state index in [9.17, 15) is 0 Å². The van der Waals surface area contributed by atoms with Crippen molar-refractivity contribution in [2.75, 3.05) is 0 Å². The van der Waals surface area contributed by atoms with Gasteiger partial charge in [-0.3, -0.25) is 0 Å². The number of hydrogen-bond donors (Lipinski definition) is 0. The van der Waals surface area contributed by atoms with Crippen LogP contribution in [-0.2, 0) is 32.5 Å². The summed E-state index contributed by atoms with van der Waals surface area (Å²) in [5.41, 5.74) is 19.8. The second-order valence-electron chi connectivity index (χ2n) is 31.8. The van der Waals surface area contributed by atoms with Gasteiger partial charge in [-0.05, 0) is 157 Å². The van der Waals surface area contributed by atoms with Crippen molar-refractivity contribution in [3.63, 3.8) is 0 Å². The maximum Gasteiger partial charge on any atom is -0.00496 e. The van der Waals surface area contributed by atoms with Gasteiger partial charge in [0.15, 0.2) is 0 Å². The summed E-state index contributed by atoms with van der Waals surface area (Å²) < 4.78 is 0. The maximum atomic E-state index is 2.46. The van der Waals surface area contributed by atoms with Crippen LogP contribution in [0.4, 0.5) is 0 Å². The Morgan fingerprint density at radius 3 is 0.419 bits per heavy atom. The average Bonchev–Trinajstić information content (AvgIpc) is 3.20. The highest BCUT2D eigenvalue weighted by Crippen LogP contribution is 2.54. The molecule has 4 aromatic rings. The predicted octanol–water partition coefficient (Wildman–Crippen LogP) is 23.6. The summed E-state index contributed by atoms with van der Waals surface area (Å²) in [5.74, 6) is 0. The van der Waals surface area contributed by atoms with E-state index in [4.69, 9.17) is 0 Å². The Kier molecular flexibility index (Phi) is 23.2. The van der Waals surface area contributed by atoms with E-state index in [2.05, 4.69) is 322 Å². The van der Waals surface area contributed by atoms with Crippen molar-refractivity contribution < 1.29 is 0 Å². The van der Waals surface area contributed by atoms with Gasteiger partial charge in [0.2, 0.25) is 0 Å². The second kappa shape index (κ2) is 24.3. The smallest absolute Gasteiger partial charge is 0.00496 e. The van der Waals surface area contributed by atoms with E-state index in [1.165, 1.54) is 50.1 Å². The Labute approximate surface area is 465 Å². The maximum absolute atomic E-state index is 2.46. The summed E-state index contributed by atoms with van der Waals surface area (Å²) in [5, 5.41) is 0. The van der Waals surface area contributed by atoms with Gasteiger partial charge < -0.3 is 0 Å². The van der Waals surface area contributed by atoms with Crippen molar-refractivity contribution in [3.8, 4) is 0 Å². The molecule has 0 spiro atoms. The van der Waals surface area contributed by atoms with Gasteiger partial charge in [-0.1, -0.05) is 311 Å². The van der Waals surface area contributed by atoms with Gasteiger partial charge in [0, 0.05) is 0 Å².